The van der Waals surface area contributed by atoms with Gasteiger partial charge in [0, 0.05) is 6.20 Å². The van der Waals surface area contributed by atoms with Crippen LogP contribution in [0.3, 0.4) is 0 Å². The predicted octanol–water partition coefficient (Wildman–Crippen LogP) is 1.71. The summed E-state index contributed by atoms with van der Waals surface area (Å²) in [6.45, 7) is 4.39. The van der Waals surface area contributed by atoms with Crippen LogP contribution in [0.15, 0.2) is 48.8 Å². The number of nitrogens with two attached hydrogens (primary N) is 1. The third-order valence-electron chi connectivity index (χ3n) is 3.19. The lowest BCUT2D eigenvalue weighted by Gasteiger charge is -2.13. The Hall–Kier alpha value is -2.47. The van der Waals surface area contributed by atoms with Crippen molar-refractivity contribution in [3.63, 3.8) is 0 Å². The average Bonchev–Trinajstić information content (AvgIpc) is 3.09. The highest BCUT2D eigenvalue weighted by Gasteiger charge is 2.18. The number of hydrogen-bond acceptors (Lipinski definition) is 4. The van der Waals surface area contributed by atoms with Crippen LogP contribution in [0.2, 0.25) is 0 Å². The zero-order chi connectivity index (χ0) is 14.9. The van der Waals surface area contributed by atoms with Gasteiger partial charge in [-0.1, -0.05) is 23.4 Å². The zero-order valence-electron chi connectivity index (χ0n) is 12.1. The van der Waals surface area contributed by atoms with E-state index in [-0.39, 0.29) is 0 Å². The molecule has 3 aromatic rings. The monoisotopic (exact) mass is 282 g/mol. The fourth-order valence-electron chi connectivity index (χ4n) is 2.01. The van der Waals surface area contributed by atoms with Crippen molar-refractivity contribution in [3.05, 3.63) is 60.2 Å². The normalized spacial score (nSPS) is 11.8. The summed E-state index contributed by atoms with van der Waals surface area (Å²) in [5.74, 6) is 0. The van der Waals surface area contributed by atoms with Crippen molar-refractivity contribution in [2.24, 2.45) is 5.73 Å². The van der Waals surface area contributed by atoms with Crippen molar-refractivity contribution in [1.82, 2.24) is 24.8 Å². The van der Waals surface area contributed by atoms with E-state index in [1.165, 1.54) is 0 Å². The molecule has 0 saturated heterocycles. The van der Waals surface area contributed by atoms with Crippen LogP contribution >= 0.6 is 0 Å². The molecule has 2 aromatic heterocycles. The highest BCUT2D eigenvalue weighted by molar-refractivity contribution is 5.30. The summed E-state index contributed by atoms with van der Waals surface area (Å²) < 4.78 is 3.60. The lowest BCUT2D eigenvalue weighted by Crippen LogP contribution is -2.29. The van der Waals surface area contributed by atoms with Gasteiger partial charge < -0.3 is 5.73 Å². The van der Waals surface area contributed by atoms with Crippen LogP contribution in [0.25, 0.3) is 5.69 Å². The second kappa shape index (κ2) is 5.14. The SMILES string of the molecule is CC(C)(N)c1cn(Cc2ccn(-c3ccccc3)n2)nn1. The molecule has 0 unspecified atom stereocenters. The highest BCUT2D eigenvalue weighted by Crippen LogP contribution is 2.13. The molecule has 0 radical (unpaired) electrons. The van der Waals surface area contributed by atoms with Crippen molar-refractivity contribution in [2.75, 3.05) is 0 Å². The fourth-order valence-corrected chi connectivity index (χ4v) is 2.01. The van der Waals surface area contributed by atoms with Gasteiger partial charge in [-0.25, -0.2) is 9.36 Å². The highest BCUT2D eigenvalue weighted by atomic mass is 15.4. The van der Waals surface area contributed by atoms with Crippen molar-refractivity contribution >= 4 is 0 Å². The zero-order valence-corrected chi connectivity index (χ0v) is 12.1. The van der Waals surface area contributed by atoms with Crippen LogP contribution in [-0.4, -0.2) is 24.8 Å². The second-order valence-corrected chi connectivity index (χ2v) is 5.61. The quantitative estimate of drug-likeness (QED) is 0.790. The Morgan fingerprint density at radius 3 is 2.57 bits per heavy atom. The molecule has 0 fully saturated rings. The molecule has 0 saturated carbocycles. The van der Waals surface area contributed by atoms with Gasteiger partial charge in [-0.2, -0.15) is 5.10 Å². The van der Waals surface area contributed by atoms with E-state index in [9.17, 15) is 0 Å². The first kappa shape index (κ1) is 13.5. The summed E-state index contributed by atoms with van der Waals surface area (Å²) in [5, 5.41) is 12.7. The molecule has 6 nitrogen and oxygen atoms in total. The van der Waals surface area contributed by atoms with E-state index >= 15 is 0 Å². The third-order valence-corrected chi connectivity index (χ3v) is 3.19. The molecule has 21 heavy (non-hydrogen) atoms. The van der Waals surface area contributed by atoms with Crippen molar-refractivity contribution < 1.29 is 0 Å². The van der Waals surface area contributed by atoms with E-state index in [0.717, 1.165) is 17.1 Å². The summed E-state index contributed by atoms with van der Waals surface area (Å²) in [7, 11) is 0. The van der Waals surface area contributed by atoms with Crippen LogP contribution in [-0.2, 0) is 12.1 Å². The van der Waals surface area contributed by atoms with Crippen LogP contribution in [0.1, 0.15) is 25.2 Å². The molecule has 0 atom stereocenters. The van der Waals surface area contributed by atoms with Gasteiger partial charge >= 0.3 is 0 Å². The number of para-hydroxylation sites is 1. The minimum Gasteiger partial charge on any atom is -0.320 e. The molecule has 0 aliphatic heterocycles. The molecule has 1 aromatic carbocycles. The largest absolute Gasteiger partial charge is 0.320 e. The lowest BCUT2D eigenvalue weighted by atomic mass is 10.0. The molecule has 0 bridgehead atoms. The molecule has 0 spiro atoms. The van der Waals surface area contributed by atoms with E-state index in [2.05, 4.69) is 15.4 Å². The summed E-state index contributed by atoms with van der Waals surface area (Å²) in [5.41, 5.74) is 8.25. The summed E-state index contributed by atoms with van der Waals surface area (Å²) in [6.07, 6.45) is 3.80. The third kappa shape index (κ3) is 3.00. The van der Waals surface area contributed by atoms with Gasteiger partial charge in [0.15, 0.2) is 0 Å². The Morgan fingerprint density at radius 2 is 1.90 bits per heavy atom. The molecule has 0 aliphatic rings. The summed E-state index contributed by atoms with van der Waals surface area (Å²) >= 11 is 0. The van der Waals surface area contributed by atoms with E-state index in [0.29, 0.717) is 6.54 Å². The Kier molecular flexibility index (Phi) is 3.31. The van der Waals surface area contributed by atoms with E-state index in [1.54, 1.807) is 4.68 Å². The molecule has 2 N–H and O–H groups in total. The van der Waals surface area contributed by atoms with Crippen molar-refractivity contribution in [2.45, 2.75) is 25.9 Å². The molecule has 2 heterocycles. The first-order valence-electron chi connectivity index (χ1n) is 6.82. The van der Waals surface area contributed by atoms with Crippen molar-refractivity contribution in [1.29, 1.82) is 0 Å². The fraction of sp³-hybridized carbons (Fsp3) is 0.267. The van der Waals surface area contributed by atoms with Gasteiger partial charge in [0.05, 0.1) is 29.7 Å². The Bertz CT molecular complexity index is 720. The van der Waals surface area contributed by atoms with Crippen LogP contribution in [0, 0.1) is 0 Å². The maximum absolute atomic E-state index is 6.01. The number of aromatic nitrogens is 5. The molecular formula is C15H18N6. The molecule has 3 rings (SSSR count). The van der Waals surface area contributed by atoms with E-state index < -0.39 is 5.54 Å². The van der Waals surface area contributed by atoms with Crippen LogP contribution < -0.4 is 5.73 Å². The van der Waals surface area contributed by atoms with Gasteiger partial charge in [0.1, 0.15) is 5.69 Å². The summed E-state index contributed by atoms with van der Waals surface area (Å²) in [4.78, 5) is 0. The minimum absolute atomic E-state index is 0.484. The Labute approximate surface area is 123 Å². The van der Waals surface area contributed by atoms with E-state index in [1.807, 2.05) is 67.3 Å². The van der Waals surface area contributed by atoms with Gasteiger partial charge in [0.2, 0.25) is 0 Å². The molecule has 0 aliphatic carbocycles. The average molecular weight is 282 g/mol. The maximum atomic E-state index is 6.01. The minimum atomic E-state index is -0.484. The Morgan fingerprint density at radius 1 is 1.14 bits per heavy atom. The predicted molar refractivity (Wildman–Crippen MR) is 79.9 cm³/mol. The topological polar surface area (TPSA) is 74.5 Å². The first-order chi connectivity index (χ1) is 10.0. The van der Waals surface area contributed by atoms with Gasteiger partial charge in [-0.3, -0.25) is 0 Å². The number of hydrogen-bond donors (Lipinski definition) is 1. The number of rotatable bonds is 4. The standard InChI is InChI=1S/C15H18N6/c1-15(2,16)14-11-20(19-17-14)10-12-8-9-21(18-12)13-6-4-3-5-7-13/h3-9,11H,10,16H2,1-2H3. The second-order valence-electron chi connectivity index (χ2n) is 5.61. The summed E-state index contributed by atoms with van der Waals surface area (Å²) in [6, 6.07) is 12.0. The smallest absolute Gasteiger partial charge is 0.102 e. The molecular weight excluding hydrogens is 264 g/mol. The van der Waals surface area contributed by atoms with Gasteiger partial charge in [-0.05, 0) is 32.0 Å². The number of benzene rings is 1. The van der Waals surface area contributed by atoms with Crippen molar-refractivity contribution in [3.8, 4) is 5.69 Å². The molecule has 6 heteroatoms. The maximum Gasteiger partial charge on any atom is 0.102 e. The molecule has 0 amide bonds. The van der Waals surface area contributed by atoms with Gasteiger partial charge in [-0.15, -0.1) is 5.10 Å². The van der Waals surface area contributed by atoms with E-state index in [4.69, 9.17) is 5.73 Å². The Balaban J connectivity index is 1.77. The van der Waals surface area contributed by atoms with Crippen LogP contribution in [0.4, 0.5) is 0 Å². The molecule has 108 valence electrons. The number of nitrogens with zero attached hydrogens (tertiary/aromatic N) is 5. The van der Waals surface area contributed by atoms with Gasteiger partial charge in [0.25, 0.3) is 0 Å². The first-order valence-corrected chi connectivity index (χ1v) is 6.82. The lowest BCUT2D eigenvalue weighted by molar-refractivity contribution is 0.533. The van der Waals surface area contributed by atoms with Crippen LogP contribution in [0.5, 0.6) is 0 Å².